The van der Waals surface area contributed by atoms with Crippen LogP contribution in [0.2, 0.25) is 0 Å². The molecule has 1 aliphatic rings. The van der Waals surface area contributed by atoms with E-state index in [0.717, 1.165) is 0 Å². The summed E-state index contributed by atoms with van der Waals surface area (Å²) in [4.78, 5) is 21.3. The third-order valence-corrected chi connectivity index (χ3v) is 2.30. The van der Waals surface area contributed by atoms with Gasteiger partial charge in [-0.15, -0.1) is 0 Å². The molecule has 0 aromatic rings. The first-order valence-corrected chi connectivity index (χ1v) is 3.94. The highest BCUT2D eigenvalue weighted by atomic mass is 16.5. The second-order valence-corrected chi connectivity index (χ2v) is 3.05. The number of carbonyl (C=O) groups is 2. The topological polar surface area (TPSA) is 66.4 Å². The van der Waals surface area contributed by atoms with E-state index in [4.69, 9.17) is 0 Å². The van der Waals surface area contributed by atoms with Crippen molar-refractivity contribution in [1.29, 1.82) is 0 Å². The van der Waals surface area contributed by atoms with Gasteiger partial charge in [0.05, 0.1) is 13.0 Å². The minimum absolute atomic E-state index is 0.238. The summed E-state index contributed by atoms with van der Waals surface area (Å²) in [6.45, 7) is 0. The molecule has 4 heteroatoms. The Morgan fingerprint density at radius 1 is 1.33 bits per heavy atom. The molecule has 1 fully saturated rings. The Bertz CT molecular complexity index is 199. The summed E-state index contributed by atoms with van der Waals surface area (Å²) in [5.74, 6) is -2.06. The largest absolute Gasteiger partial charge is 0.550 e. The Kier molecular flexibility index (Phi) is 2.68. The summed E-state index contributed by atoms with van der Waals surface area (Å²) >= 11 is 0. The van der Waals surface area contributed by atoms with Crippen LogP contribution in [0.5, 0.6) is 0 Å². The molecule has 0 aromatic carbocycles. The van der Waals surface area contributed by atoms with E-state index in [1.807, 2.05) is 0 Å². The molecule has 0 aliphatic heterocycles. The summed E-state index contributed by atoms with van der Waals surface area (Å²) in [7, 11) is 1.31. The average molecular weight is 171 g/mol. The standard InChI is InChI=1S/C8H12O4/c1-12-8(11)6-3-2-5(4-6)7(9)10/h5-6H,2-4H2,1H3,(H,9,10)/p-1/t5-,6-/m0/s1. The Hall–Kier alpha value is -1.06. The molecule has 0 radical (unpaired) electrons. The fourth-order valence-electron chi connectivity index (χ4n) is 1.58. The van der Waals surface area contributed by atoms with Crippen LogP contribution in [0.15, 0.2) is 0 Å². The minimum Gasteiger partial charge on any atom is -0.550 e. The maximum Gasteiger partial charge on any atom is 0.308 e. The fraction of sp³-hybridized carbons (Fsp3) is 0.750. The van der Waals surface area contributed by atoms with Crippen molar-refractivity contribution in [2.75, 3.05) is 7.11 Å². The lowest BCUT2D eigenvalue weighted by atomic mass is 10.1. The van der Waals surface area contributed by atoms with Gasteiger partial charge in [0.2, 0.25) is 0 Å². The molecule has 1 saturated carbocycles. The van der Waals surface area contributed by atoms with Crippen molar-refractivity contribution in [1.82, 2.24) is 0 Å². The van der Waals surface area contributed by atoms with E-state index in [1.165, 1.54) is 7.11 Å². The number of carboxylic acids is 1. The van der Waals surface area contributed by atoms with Crippen LogP contribution in [0.1, 0.15) is 19.3 Å². The molecular formula is C8H11O4-. The van der Waals surface area contributed by atoms with Gasteiger partial charge >= 0.3 is 5.97 Å². The Balaban J connectivity index is 2.45. The number of hydrogen-bond acceptors (Lipinski definition) is 4. The predicted molar refractivity (Wildman–Crippen MR) is 37.9 cm³/mol. The van der Waals surface area contributed by atoms with Crippen LogP contribution in [0.4, 0.5) is 0 Å². The van der Waals surface area contributed by atoms with Crippen LogP contribution >= 0.6 is 0 Å². The van der Waals surface area contributed by atoms with Crippen molar-refractivity contribution in [2.24, 2.45) is 11.8 Å². The number of carbonyl (C=O) groups excluding carboxylic acids is 2. The number of esters is 1. The lowest BCUT2D eigenvalue weighted by molar-refractivity contribution is -0.311. The second kappa shape index (κ2) is 3.56. The van der Waals surface area contributed by atoms with Gasteiger partial charge in [-0.25, -0.2) is 0 Å². The molecule has 0 unspecified atom stereocenters. The van der Waals surface area contributed by atoms with Gasteiger partial charge in [-0.2, -0.15) is 0 Å². The third kappa shape index (κ3) is 1.75. The van der Waals surface area contributed by atoms with Crippen molar-refractivity contribution in [3.05, 3.63) is 0 Å². The molecule has 4 nitrogen and oxygen atoms in total. The lowest BCUT2D eigenvalue weighted by Crippen LogP contribution is -2.30. The normalized spacial score (nSPS) is 28.4. The zero-order valence-electron chi connectivity index (χ0n) is 6.91. The number of rotatable bonds is 2. The maximum atomic E-state index is 10.9. The molecule has 0 bridgehead atoms. The zero-order chi connectivity index (χ0) is 9.14. The highest BCUT2D eigenvalue weighted by molar-refractivity contribution is 5.75. The van der Waals surface area contributed by atoms with Crippen molar-refractivity contribution in [3.8, 4) is 0 Å². The molecule has 0 spiro atoms. The number of hydrogen-bond donors (Lipinski definition) is 0. The quantitative estimate of drug-likeness (QED) is 0.516. The maximum absolute atomic E-state index is 10.9. The first-order chi connectivity index (χ1) is 5.65. The summed E-state index contributed by atoms with van der Waals surface area (Å²) in [6, 6.07) is 0. The highest BCUT2D eigenvalue weighted by Crippen LogP contribution is 2.30. The Morgan fingerprint density at radius 3 is 2.33 bits per heavy atom. The molecule has 2 atom stereocenters. The molecular weight excluding hydrogens is 160 g/mol. The zero-order valence-corrected chi connectivity index (χ0v) is 6.91. The van der Waals surface area contributed by atoms with Gasteiger partial charge in [0.15, 0.2) is 0 Å². The first kappa shape index (κ1) is 9.03. The molecule has 0 heterocycles. The molecule has 68 valence electrons. The summed E-state index contributed by atoms with van der Waals surface area (Å²) < 4.78 is 4.51. The third-order valence-electron chi connectivity index (χ3n) is 2.30. The van der Waals surface area contributed by atoms with Crippen LogP contribution in [-0.4, -0.2) is 19.0 Å². The van der Waals surface area contributed by atoms with E-state index in [1.54, 1.807) is 0 Å². The van der Waals surface area contributed by atoms with E-state index in [-0.39, 0.29) is 11.9 Å². The van der Waals surface area contributed by atoms with Crippen LogP contribution in [0.3, 0.4) is 0 Å². The number of aliphatic carboxylic acids is 1. The number of methoxy groups -OCH3 is 1. The van der Waals surface area contributed by atoms with E-state index in [0.29, 0.717) is 19.3 Å². The monoisotopic (exact) mass is 171 g/mol. The van der Waals surface area contributed by atoms with Crippen LogP contribution < -0.4 is 5.11 Å². The molecule has 0 aromatic heterocycles. The molecule has 0 saturated heterocycles. The number of carboxylic acid groups (broad SMARTS) is 1. The fourth-order valence-corrected chi connectivity index (χ4v) is 1.58. The SMILES string of the molecule is COC(=O)[C@H]1CC[C@H](C(=O)[O-])C1. The first-order valence-electron chi connectivity index (χ1n) is 3.94. The van der Waals surface area contributed by atoms with Crippen molar-refractivity contribution >= 4 is 11.9 Å². The predicted octanol–water partition coefficient (Wildman–Crippen LogP) is -0.674. The van der Waals surface area contributed by atoms with Crippen LogP contribution in [-0.2, 0) is 14.3 Å². The van der Waals surface area contributed by atoms with Crippen molar-refractivity contribution in [2.45, 2.75) is 19.3 Å². The minimum atomic E-state index is -1.05. The van der Waals surface area contributed by atoms with Crippen LogP contribution in [0.25, 0.3) is 0 Å². The van der Waals surface area contributed by atoms with Gasteiger partial charge in [-0.05, 0) is 25.2 Å². The van der Waals surface area contributed by atoms with Gasteiger partial charge < -0.3 is 14.6 Å². The Morgan fingerprint density at radius 2 is 1.92 bits per heavy atom. The van der Waals surface area contributed by atoms with Crippen LogP contribution in [0, 0.1) is 11.8 Å². The molecule has 0 amide bonds. The summed E-state index contributed by atoms with van der Waals surface area (Å²) in [5.41, 5.74) is 0. The summed E-state index contributed by atoms with van der Waals surface area (Å²) in [5, 5.41) is 10.4. The van der Waals surface area contributed by atoms with Crippen molar-refractivity contribution in [3.63, 3.8) is 0 Å². The average Bonchev–Trinajstić information content (AvgIpc) is 2.51. The Labute approximate surface area is 70.5 Å². The van der Waals surface area contributed by atoms with E-state index in [2.05, 4.69) is 4.74 Å². The highest BCUT2D eigenvalue weighted by Gasteiger charge is 2.30. The summed E-state index contributed by atoms with van der Waals surface area (Å²) in [6.07, 6.45) is 1.50. The molecule has 0 N–H and O–H groups in total. The van der Waals surface area contributed by atoms with Gasteiger partial charge in [0.1, 0.15) is 0 Å². The van der Waals surface area contributed by atoms with E-state index in [9.17, 15) is 14.7 Å². The molecule has 1 aliphatic carbocycles. The van der Waals surface area contributed by atoms with Gasteiger partial charge in [-0.3, -0.25) is 4.79 Å². The molecule has 1 rings (SSSR count). The van der Waals surface area contributed by atoms with Gasteiger partial charge in [-0.1, -0.05) is 0 Å². The smallest absolute Gasteiger partial charge is 0.308 e. The van der Waals surface area contributed by atoms with Gasteiger partial charge in [0, 0.05) is 5.97 Å². The second-order valence-electron chi connectivity index (χ2n) is 3.05. The van der Waals surface area contributed by atoms with E-state index >= 15 is 0 Å². The van der Waals surface area contributed by atoms with E-state index < -0.39 is 11.9 Å². The van der Waals surface area contributed by atoms with Gasteiger partial charge in [0.25, 0.3) is 0 Å². The van der Waals surface area contributed by atoms with Crippen molar-refractivity contribution < 1.29 is 19.4 Å². The number of ether oxygens (including phenoxy) is 1. The lowest BCUT2D eigenvalue weighted by Gasteiger charge is -2.10. The molecule has 12 heavy (non-hydrogen) atoms.